The fourth-order valence-electron chi connectivity index (χ4n) is 0.945. The predicted molar refractivity (Wildman–Crippen MR) is 52.4 cm³/mol. The van der Waals surface area contributed by atoms with Gasteiger partial charge >= 0.3 is 0 Å². The zero-order chi connectivity index (χ0) is 10.4. The molecule has 1 aromatic rings. The van der Waals surface area contributed by atoms with Crippen LogP contribution in [0.5, 0.6) is 5.75 Å². The van der Waals surface area contributed by atoms with E-state index < -0.39 is 0 Å². The van der Waals surface area contributed by atoms with E-state index in [4.69, 9.17) is 14.9 Å². The third-order valence-corrected chi connectivity index (χ3v) is 1.76. The van der Waals surface area contributed by atoms with E-state index >= 15 is 0 Å². The van der Waals surface area contributed by atoms with Gasteiger partial charge in [-0.15, -0.1) is 0 Å². The number of methoxy groups -OCH3 is 1. The van der Waals surface area contributed by atoms with E-state index in [1.165, 1.54) is 0 Å². The molecule has 0 saturated heterocycles. The SMILES string of the molecule is COc1ccc(NC(CO)CO)nc1. The first-order valence-electron chi connectivity index (χ1n) is 4.28. The highest BCUT2D eigenvalue weighted by atomic mass is 16.5. The lowest BCUT2D eigenvalue weighted by atomic mass is 10.3. The molecule has 1 heterocycles. The van der Waals surface area contributed by atoms with Crippen molar-refractivity contribution in [2.75, 3.05) is 25.6 Å². The van der Waals surface area contributed by atoms with Crippen LogP contribution < -0.4 is 10.1 Å². The van der Waals surface area contributed by atoms with Crippen LogP contribution >= 0.6 is 0 Å². The van der Waals surface area contributed by atoms with Crippen molar-refractivity contribution < 1.29 is 14.9 Å². The molecule has 0 radical (unpaired) electrons. The molecule has 0 bridgehead atoms. The molecular weight excluding hydrogens is 184 g/mol. The monoisotopic (exact) mass is 198 g/mol. The number of pyridine rings is 1. The Morgan fingerprint density at radius 1 is 1.43 bits per heavy atom. The molecular formula is C9H14N2O3. The first-order valence-corrected chi connectivity index (χ1v) is 4.28. The summed E-state index contributed by atoms with van der Waals surface area (Å²) in [7, 11) is 1.56. The Morgan fingerprint density at radius 2 is 2.14 bits per heavy atom. The molecule has 1 aromatic heterocycles. The lowest BCUT2D eigenvalue weighted by Crippen LogP contribution is -2.27. The molecule has 0 amide bonds. The molecule has 0 aliphatic rings. The fourth-order valence-corrected chi connectivity index (χ4v) is 0.945. The Bertz CT molecular complexity index is 259. The number of hydrogen-bond donors (Lipinski definition) is 3. The van der Waals surface area contributed by atoms with E-state index in [2.05, 4.69) is 10.3 Å². The van der Waals surface area contributed by atoms with Crippen LogP contribution in [0.15, 0.2) is 18.3 Å². The van der Waals surface area contributed by atoms with E-state index in [-0.39, 0.29) is 19.3 Å². The molecule has 0 saturated carbocycles. The molecule has 1 rings (SSSR count). The van der Waals surface area contributed by atoms with Crippen molar-refractivity contribution >= 4 is 5.82 Å². The maximum Gasteiger partial charge on any atom is 0.137 e. The molecule has 3 N–H and O–H groups in total. The van der Waals surface area contributed by atoms with Crippen molar-refractivity contribution in [3.8, 4) is 5.75 Å². The summed E-state index contributed by atoms with van der Waals surface area (Å²) in [5, 5.41) is 20.5. The second-order valence-electron chi connectivity index (χ2n) is 2.79. The van der Waals surface area contributed by atoms with Gasteiger partial charge in [0.2, 0.25) is 0 Å². The van der Waals surface area contributed by atoms with Crippen LogP contribution in [0.25, 0.3) is 0 Å². The molecule has 78 valence electrons. The number of ether oxygens (including phenoxy) is 1. The second-order valence-corrected chi connectivity index (χ2v) is 2.79. The van der Waals surface area contributed by atoms with Crippen LogP contribution in [-0.2, 0) is 0 Å². The highest BCUT2D eigenvalue weighted by Gasteiger charge is 2.05. The van der Waals surface area contributed by atoms with Crippen molar-refractivity contribution in [1.82, 2.24) is 4.98 Å². The van der Waals surface area contributed by atoms with Gasteiger partial charge in [-0.2, -0.15) is 0 Å². The average Bonchev–Trinajstić information content (AvgIpc) is 2.26. The maximum atomic E-state index is 8.81. The van der Waals surface area contributed by atoms with Crippen molar-refractivity contribution in [2.45, 2.75) is 6.04 Å². The van der Waals surface area contributed by atoms with Gasteiger partial charge in [0.05, 0.1) is 32.6 Å². The molecule has 0 aromatic carbocycles. The lowest BCUT2D eigenvalue weighted by Gasteiger charge is -2.13. The topological polar surface area (TPSA) is 74.6 Å². The van der Waals surface area contributed by atoms with E-state index in [0.717, 1.165) is 0 Å². The van der Waals surface area contributed by atoms with Gasteiger partial charge in [-0.05, 0) is 12.1 Å². The van der Waals surface area contributed by atoms with Crippen LogP contribution in [0, 0.1) is 0 Å². The van der Waals surface area contributed by atoms with Gasteiger partial charge in [-0.3, -0.25) is 0 Å². The first-order chi connectivity index (χ1) is 6.80. The summed E-state index contributed by atoms with van der Waals surface area (Å²) >= 11 is 0. The van der Waals surface area contributed by atoms with Gasteiger partial charge in [0, 0.05) is 0 Å². The minimum absolute atomic E-state index is 0.135. The normalized spacial score (nSPS) is 10.3. The number of anilines is 1. The number of nitrogens with one attached hydrogen (secondary N) is 1. The number of rotatable bonds is 5. The zero-order valence-corrected chi connectivity index (χ0v) is 7.97. The van der Waals surface area contributed by atoms with E-state index in [1.54, 1.807) is 25.4 Å². The van der Waals surface area contributed by atoms with Crippen molar-refractivity contribution in [2.24, 2.45) is 0 Å². The molecule has 0 atom stereocenters. The van der Waals surface area contributed by atoms with Crippen LogP contribution in [0.3, 0.4) is 0 Å². The Kier molecular flexibility index (Phi) is 4.15. The molecule has 5 heteroatoms. The predicted octanol–water partition coefficient (Wildman–Crippen LogP) is -0.145. The Labute approximate surface area is 82.4 Å². The summed E-state index contributed by atoms with van der Waals surface area (Å²) in [6.45, 7) is -0.269. The van der Waals surface area contributed by atoms with Gasteiger partial charge < -0.3 is 20.3 Å². The number of aliphatic hydroxyl groups excluding tert-OH is 2. The fraction of sp³-hybridized carbons (Fsp3) is 0.444. The second kappa shape index (κ2) is 5.41. The maximum absolute atomic E-state index is 8.81. The lowest BCUT2D eigenvalue weighted by molar-refractivity contribution is 0.203. The van der Waals surface area contributed by atoms with Crippen molar-refractivity contribution in [1.29, 1.82) is 0 Å². The largest absolute Gasteiger partial charge is 0.495 e. The smallest absolute Gasteiger partial charge is 0.137 e. The zero-order valence-electron chi connectivity index (χ0n) is 7.97. The van der Waals surface area contributed by atoms with E-state index in [9.17, 15) is 0 Å². The third kappa shape index (κ3) is 2.86. The van der Waals surface area contributed by atoms with Crippen molar-refractivity contribution in [3.63, 3.8) is 0 Å². The number of nitrogens with zero attached hydrogens (tertiary/aromatic N) is 1. The minimum Gasteiger partial charge on any atom is -0.495 e. The van der Waals surface area contributed by atoms with Gasteiger partial charge in [0.25, 0.3) is 0 Å². The summed E-state index contributed by atoms with van der Waals surface area (Å²) in [4.78, 5) is 4.03. The number of aliphatic hydroxyl groups is 2. The third-order valence-electron chi connectivity index (χ3n) is 1.76. The summed E-state index contributed by atoms with van der Waals surface area (Å²) < 4.78 is 4.94. The molecule has 0 aliphatic carbocycles. The van der Waals surface area contributed by atoms with Crippen LogP contribution in [0.1, 0.15) is 0 Å². The molecule has 0 unspecified atom stereocenters. The molecule has 14 heavy (non-hydrogen) atoms. The summed E-state index contributed by atoms with van der Waals surface area (Å²) in [5.74, 6) is 1.26. The van der Waals surface area contributed by atoms with Gasteiger partial charge in [-0.25, -0.2) is 4.98 Å². The molecule has 0 spiro atoms. The summed E-state index contributed by atoms with van der Waals surface area (Å²) in [6, 6.07) is 3.09. The van der Waals surface area contributed by atoms with E-state index in [1.807, 2.05) is 0 Å². The van der Waals surface area contributed by atoms with Gasteiger partial charge in [-0.1, -0.05) is 0 Å². The molecule has 5 nitrogen and oxygen atoms in total. The summed E-state index contributed by atoms with van der Waals surface area (Å²) in [6.07, 6.45) is 1.56. The quantitative estimate of drug-likeness (QED) is 0.613. The van der Waals surface area contributed by atoms with Gasteiger partial charge in [0.15, 0.2) is 0 Å². The highest BCUT2D eigenvalue weighted by Crippen LogP contribution is 2.11. The van der Waals surface area contributed by atoms with Crippen LogP contribution in [0.2, 0.25) is 0 Å². The van der Waals surface area contributed by atoms with Gasteiger partial charge in [0.1, 0.15) is 11.6 Å². The summed E-state index contributed by atoms with van der Waals surface area (Å²) in [5.41, 5.74) is 0. The number of hydrogen-bond acceptors (Lipinski definition) is 5. The standard InChI is InChI=1S/C9H14N2O3/c1-14-8-2-3-9(10-4-8)11-7(5-12)6-13/h2-4,7,12-13H,5-6H2,1H3,(H,10,11). The van der Waals surface area contributed by atoms with Crippen LogP contribution in [-0.4, -0.2) is 41.6 Å². The van der Waals surface area contributed by atoms with Crippen molar-refractivity contribution in [3.05, 3.63) is 18.3 Å². The molecule has 0 aliphatic heterocycles. The highest BCUT2D eigenvalue weighted by molar-refractivity contribution is 5.38. The van der Waals surface area contributed by atoms with Crippen LogP contribution in [0.4, 0.5) is 5.82 Å². The first kappa shape index (κ1) is 10.7. The Hall–Kier alpha value is -1.33. The average molecular weight is 198 g/mol. The minimum atomic E-state index is -0.379. The Morgan fingerprint density at radius 3 is 2.57 bits per heavy atom. The Balaban J connectivity index is 2.58. The number of aromatic nitrogens is 1. The van der Waals surface area contributed by atoms with E-state index in [0.29, 0.717) is 11.6 Å². The molecule has 0 fully saturated rings.